The van der Waals surface area contributed by atoms with Crippen molar-refractivity contribution in [2.45, 2.75) is 32.7 Å². The molecule has 0 spiro atoms. The van der Waals surface area contributed by atoms with E-state index < -0.39 is 0 Å². The van der Waals surface area contributed by atoms with Crippen LogP contribution in [0, 0.1) is 0 Å². The second kappa shape index (κ2) is 9.65. The Kier molecular flexibility index (Phi) is 7.25. The Morgan fingerprint density at radius 2 is 1.88 bits per heavy atom. The minimum atomic E-state index is -0.294. The van der Waals surface area contributed by atoms with Crippen LogP contribution in [0.2, 0.25) is 0 Å². The Morgan fingerprint density at radius 1 is 1.19 bits per heavy atom. The molecule has 2 rings (SSSR count). The van der Waals surface area contributed by atoms with E-state index in [-0.39, 0.29) is 30.5 Å². The first-order chi connectivity index (χ1) is 12.5. The fourth-order valence-corrected chi connectivity index (χ4v) is 2.79. The van der Waals surface area contributed by atoms with E-state index in [0.717, 1.165) is 5.69 Å². The van der Waals surface area contributed by atoms with Crippen LogP contribution in [-0.4, -0.2) is 55.1 Å². The highest BCUT2D eigenvalue weighted by molar-refractivity contribution is 5.89. The zero-order valence-corrected chi connectivity index (χ0v) is 15.2. The summed E-state index contributed by atoms with van der Waals surface area (Å²) in [6.45, 7) is 4.89. The van der Waals surface area contributed by atoms with Crippen LogP contribution in [0.25, 0.3) is 0 Å². The number of hydrogen-bond acceptors (Lipinski definition) is 5. The number of hydrogen-bond donors (Lipinski definition) is 3. The molecule has 3 amide bonds. The van der Waals surface area contributed by atoms with Crippen LogP contribution in [0.15, 0.2) is 24.3 Å². The maximum absolute atomic E-state index is 12.1. The maximum atomic E-state index is 12.1. The molecule has 0 aromatic heterocycles. The normalized spacial score (nSPS) is 14.5. The van der Waals surface area contributed by atoms with E-state index in [9.17, 15) is 14.4 Å². The van der Waals surface area contributed by atoms with E-state index in [1.807, 2.05) is 6.07 Å². The zero-order valence-electron chi connectivity index (χ0n) is 15.2. The predicted octanol–water partition coefficient (Wildman–Crippen LogP) is 1.79. The van der Waals surface area contributed by atoms with Gasteiger partial charge in [0.2, 0.25) is 11.8 Å². The van der Waals surface area contributed by atoms with Crippen LogP contribution in [0.1, 0.15) is 26.7 Å². The molecule has 1 aromatic carbocycles. The molecule has 26 heavy (non-hydrogen) atoms. The molecule has 0 radical (unpaired) electrons. The molecule has 1 aliphatic rings. The highest BCUT2D eigenvalue weighted by Gasteiger charge is 2.24. The maximum Gasteiger partial charge on any atom is 0.409 e. The molecule has 142 valence electrons. The number of nitrogens with one attached hydrogen (secondary N) is 3. The summed E-state index contributed by atoms with van der Waals surface area (Å²) >= 11 is 0. The van der Waals surface area contributed by atoms with Crippen LogP contribution < -0.4 is 16.0 Å². The van der Waals surface area contributed by atoms with Crippen molar-refractivity contribution in [3.63, 3.8) is 0 Å². The van der Waals surface area contributed by atoms with Crippen molar-refractivity contribution in [2.75, 3.05) is 36.9 Å². The van der Waals surface area contributed by atoms with Gasteiger partial charge >= 0.3 is 6.09 Å². The van der Waals surface area contributed by atoms with Gasteiger partial charge in [-0.05, 0) is 38.0 Å². The largest absolute Gasteiger partial charge is 0.450 e. The van der Waals surface area contributed by atoms with E-state index >= 15 is 0 Å². The van der Waals surface area contributed by atoms with E-state index in [2.05, 4.69) is 16.0 Å². The molecule has 0 bridgehead atoms. The first kappa shape index (κ1) is 19.6. The van der Waals surface area contributed by atoms with Gasteiger partial charge in [-0.3, -0.25) is 9.59 Å². The molecule has 1 fully saturated rings. The minimum Gasteiger partial charge on any atom is -0.450 e. The molecule has 0 atom stereocenters. The number of carbonyl (C=O) groups excluding carboxylic acids is 3. The first-order valence-corrected chi connectivity index (χ1v) is 8.80. The van der Waals surface area contributed by atoms with Gasteiger partial charge < -0.3 is 25.6 Å². The van der Waals surface area contributed by atoms with Gasteiger partial charge in [0.1, 0.15) is 0 Å². The number of rotatable bonds is 6. The van der Waals surface area contributed by atoms with Crippen molar-refractivity contribution in [3.05, 3.63) is 24.3 Å². The zero-order chi connectivity index (χ0) is 18.9. The van der Waals surface area contributed by atoms with E-state index in [1.54, 1.807) is 30.0 Å². The van der Waals surface area contributed by atoms with Gasteiger partial charge in [0, 0.05) is 37.4 Å². The SMILES string of the molecule is CCOC(=O)N1CCC(NC(=O)CNc2cccc(NC(C)=O)c2)CC1. The standard InChI is InChI=1S/C18H26N4O4/c1-3-26-18(25)22-9-7-14(8-10-22)21-17(24)12-19-15-5-4-6-16(11-15)20-13(2)23/h4-6,11,14,19H,3,7-10,12H2,1-2H3,(H,20,23)(H,21,24). The third-order valence-corrected chi connectivity index (χ3v) is 4.02. The van der Waals surface area contributed by atoms with Crippen molar-refractivity contribution in [1.82, 2.24) is 10.2 Å². The highest BCUT2D eigenvalue weighted by atomic mass is 16.6. The summed E-state index contributed by atoms with van der Waals surface area (Å²) < 4.78 is 4.98. The van der Waals surface area contributed by atoms with Crippen molar-refractivity contribution in [1.29, 1.82) is 0 Å². The monoisotopic (exact) mass is 362 g/mol. The Balaban J connectivity index is 1.73. The summed E-state index contributed by atoms with van der Waals surface area (Å²) in [4.78, 5) is 36.5. The summed E-state index contributed by atoms with van der Waals surface area (Å²) in [5.74, 6) is -0.251. The average Bonchev–Trinajstić information content (AvgIpc) is 2.60. The average molecular weight is 362 g/mol. The van der Waals surface area contributed by atoms with Crippen molar-refractivity contribution < 1.29 is 19.1 Å². The lowest BCUT2D eigenvalue weighted by atomic mass is 10.1. The number of nitrogens with zero attached hydrogens (tertiary/aromatic N) is 1. The van der Waals surface area contributed by atoms with Crippen LogP contribution >= 0.6 is 0 Å². The molecular weight excluding hydrogens is 336 g/mol. The topological polar surface area (TPSA) is 99.8 Å². The molecule has 1 aromatic rings. The second-order valence-corrected chi connectivity index (χ2v) is 6.14. The lowest BCUT2D eigenvalue weighted by molar-refractivity contribution is -0.120. The molecule has 0 aliphatic carbocycles. The molecule has 0 unspecified atom stereocenters. The van der Waals surface area contributed by atoms with Gasteiger partial charge in [0.25, 0.3) is 0 Å². The summed E-state index contributed by atoms with van der Waals surface area (Å²) in [6.07, 6.45) is 1.13. The molecule has 1 saturated heterocycles. The van der Waals surface area contributed by atoms with E-state index in [1.165, 1.54) is 6.92 Å². The Bertz CT molecular complexity index is 642. The van der Waals surface area contributed by atoms with Gasteiger partial charge in [-0.2, -0.15) is 0 Å². The van der Waals surface area contributed by atoms with E-state index in [0.29, 0.717) is 38.2 Å². The third kappa shape index (κ3) is 6.27. The van der Waals surface area contributed by atoms with Gasteiger partial charge in [-0.15, -0.1) is 0 Å². The predicted molar refractivity (Wildman–Crippen MR) is 99.0 cm³/mol. The number of likely N-dealkylation sites (tertiary alicyclic amines) is 1. The van der Waals surface area contributed by atoms with Crippen molar-refractivity contribution in [2.24, 2.45) is 0 Å². The quantitative estimate of drug-likeness (QED) is 0.716. The number of benzene rings is 1. The van der Waals surface area contributed by atoms with Crippen LogP contribution in [0.3, 0.4) is 0 Å². The number of carbonyl (C=O) groups is 3. The molecule has 0 saturated carbocycles. The molecule has 8 nitrogen and oxygen atoms in total. The van der Waals surface area contributed by atoms with Crippen molar-refractivity contribution in [3.8, 4) is 0 Å². The first-order valence-electron chi connectivity index (χ1n) is 8.80. The summed E-state index contributed by atoms with van der Waals surface area (Å²) in [5.41, 5.74) is 1.43. The molecule has 1 aliphatic heterocycles. The summed E-state index contributed by atoms with van der Waals surface area (Å²) in [5, 5.41) is 8.72. The third-order valence-electron chi connectivity index (χ3n) is 4.02. The fourth-order valence-electron chi connectivity index (χ4n) is 2.79. The van der Waals surface area contributed by atoms with Gasteiger partial charge in [-0.1, -0.05) is 6.07 Å². The van der Waals surface area contributed by atoms with Gasteiger partial charge in [0.05, 0.1) is 13.2 Å². The summed E-state index contributed by atoms with van der Waals surface area (Å²) in [6, 6.07) is 7.24. The van der Waals surface area contributed by atoms with Crippen LogP contribution in [0.4, 0.5) is 16.2 Å². The second-order valence-electron chi connectivity index (χ2n) is 6.14. The van der Waals surface area contributed by atoms with Gasteiger partial charge in [-0.25, -0.2) is 4.79 Å². The van der Waals surface area contributed by atoms with Crippen molar-refractivity contribution >= 4 is 29.3 Å². The number of piperidine rings is 1. The van der Waals surface area contributed by atoms with Crippen LogP contribution in [0.5, 0.6) is 0 Å². The molecule has 1 heterocycles. The number of anilines is 2. The molecular formula is C18H26N4O4. The lowest BCUT2D eigenvalue weighted by Crippen LogP contribution is -2.47. The van der Waals surface area contributed by atoms with Gasteiger partial charge in [0.15, 0.2) is 0 Å². The Morgan fingerprint density at radius 3 is 2.54 bits per heavy atom. The highest BCUT2D eigenvalue weighted by Crippen LogP contribution is 2.15. The molecule has 8 heteroatoms. The minimum absolute atomic E-state index is 0.0562. The summed E-state index contributed by atoms with van der Waals surface area (Å²) in [7, 11) is 0. The number of amides is 3. The number of ether oxygens (including phenoxy) is 1. The van der Waals surface area contributed by atoms with E-state index in [4.69, 9.17) is 4.74 Å². The lowest BCUT2D eigenvalue weighted by Gasteiger charge is -2.31. The Hall–Kier alpha value is -2.77. The Labute approximate surface area is 153 Å². The fraction of sp³-hybridized carbons (Fsp3) is 0.500. The smallest absolute Gasteiger partial charge is 0.409 e. The van der Waals surface area contributed by atoms with Crippen LogP contribution in [-0.2, 0) is 14.3 Å². The molecule has 3 N–H and O–H groups in total.